The van der Waals surface area contributed by atoms with E-state index in [-0.39, 0.29) is 11.2 Å². The minimum atomic E-state index is -0.148. The number of rotatable bonds is 7. The summed E-state index contributed by atoms with van der Waals surface area (Å²) < 4.78 is 2.23. The number of hydrogen-bond acceptors (Lipinski definition) is 3. The van der Waals surface area contributed by atoms with Crippen molar-refractivity contribution in [2.24, 2.45) is 0 Å². The molecule has 2 aromatic heterocycles. The van der Waals surface area contributed by atoms with Crippen LogP contribution in [0.3, 0.4) is 0 Å². The first-order valence-electron chi connectivity index (χ1n) is 19.9. The van der Waals surface area contributed by atoms with Crippen LogP contribution < -0.4 is 0 Å². The summed E-state index contributed by atoms with van der Waals surface area (Å²) in [5.74, 6) is 0.925. The molecule has 0 fully saturated rings. The third-order valence-corrected chi connectivity index (χ3v) is 11.0. The summed E-state index contributed by atoms with van der Waals surface area (Å²) in [5.41, 5.74) is 17.2. The molecule has 0 aliphatic heterocycles. The van der Waals surface area contributed by atoms with Crippen molar-refractivity contribution in [3.63, 3.8) is 0 Å². The van der Waals surface area contributed by atoms with Crippen LogP contribution in [0.15, 0.2) is 176 Å². The van der Waals surface area contributed by atoms with Crippen molar-refractivity contribution in [3.8, 4) is 78.6 Å². The predicted molar refractivity (Wildman–Crippen MR) is 241 cm³/mol. The standard InChI is InChI=1S/C54H45N3O/c1-35-28-36(2)52(58)47(29-35)53-56-51-46(22-15-23-50(51)57(53)44-24-25-45(39-20-13-8-14-21-39)48(34-44)54(3,4)5)42-30-41(38-18-11-7-12-19-38)31-43(32-42)49-33-40(26-27-55-49)37-16-9-6-10-17-37/h6-34,58H,1-5H3. The van der Waals surface area contributed by atoms with Gasteiger partial charge < -0.3 is 5.11 Å². The molecular formula is C54H45N3O. The maximum Gasteiger partial charge on any atom is 0.149 e. The molecule has 1 N–H and O–H groups in total. The van der Waals surface area contributed by atoms with Crippen molar-refractivity contribution < 1.29 is 5.11 Å². The van der Waals surface area contributed by atoms with E-state index in [1.807, 2.05) is 37.4 Å². The van der Waals surface area contributed by atoms with Crippen molar-refractivity contribution in [2.45, 2.75) is 40.0 Å². The number of aryl methyl sites for hydroxylation is 2. The molecule has 0 unspecified atom stereocenters. The average Bonchev–Trinajstić information content (AvgIpc) is 3.65. The molecule has 282 valence electrons. The topological polar surface area (TPSA) is 50.9 Å². The largest absolute Gasteiger partial charge is 0.507 e. The monoisotopic (exact) mass is 751 g/mol. The fourth-order valence-corrected chi connectivity index (χ4v) is 8.19. The summed E-state index contributed by atoms with van der Waals surface area (Å²) in [6.45, 7) is 10.8. The van der Waals surface area contributed by atoms with Crippen LogP contribution in [0, 0.1) is 13.8 Å². The van der Waals surface area contributed by atoms with Gasteiger partial charge in [0.25, 0.3) is 0 Å². The summed E-state index contributed by atoms with van der Waals surface area (Å²) in [4.78, 5) is 10.4. The molecular weight excluding hydrogens is 707 g/mol. The van der Waals surface area contributed by atoms with Crippen LogP contribution in [-0.2, 0) is 5.41 Å². The van der Waals surface area contributed by atoms with Crippen LogP contribution in [0.5, 0.6) is 5.75 Å². The van der Waals surface area contributed by atoms with Gasteiger partial charge in [0.2, 0.25) is 0 Å². The van der Waals surface area contributed by atoms with Gasteiger partial charge in [-0.3, -0.25) is 9.55 Å². The Morgan fingerprint density at radius 1 is 0.500 bits per heavy atom. The van der Waals surface area contributed by atoms with Crippen molar-refractivity contribution in [1.29, 1.82) is 0 Å². The lowest BCUT2D eigenvalue weighted by Crippen LogP contribution is -2.14. The van der Waals surface area contributed by atoms with E-state index in [9.17, 15) is 5.11 Å². The minimum Gasteiger partial charge on any atom is -0.507 e. The highest BCUT2D eigenvalue weighted by atomic mass is 16.3. The summed E-state index contributed by atoms with van der Waals surface area (Å²) in [6.07, 6.45) is 1.90. The van der Waals surface area contributed by atoms with Gasteiger partial charge in [0.1, 0.15) is 11.6 Å². The molecule has 0 aliphatic rings. The van der Waals surface area contributed by atoms with E-state index in [0.29, 0.717) is 11.4 Å². The molecule has 2 heterocycles. The van der Waals surface area contributed by atoms with Gasteiger partial charge in [-0.15, -0.1) is 0 Å². The molecule has 9 rings (SSSR count). The second-order valence-electron chi connectivity index (χ2n) is 16.2. The van der Waals surface area contributed by atoms with Crippen molar-refractivity contribution in [3.05, 3.63) is 193 Å². The smallest absolute Gasteiger partial charge is 0.149 e. The Kier molecular flexibility index (Phi) is 9.34. The van der Waals surface area contributed by atoms with Crippen LogP contribution in [0.1, 0.15) is 37.5 Å². The molecule has 58 heavy (non-hydrogen) atoms. The first-order valence-corrected chi connectivity index (χ1v) is 19.9. The number of aromatic nitrogens is 3. The van der Waals surface area contributed by atoms with E-state index in [2.05, 4.69) is 178 Å². The minimum absolute atomic E-state index is 0.148. The number of benzene rings is 7. The van der Waals surface area contributed by atoms with Crippen molar-refractivity contribution in [1.82, 2.24) is 14.5 Å². The highest BCUT2D eigenvalue weighted by Crippen LogP contribution is 2.42. The Labute approximate surface area is 340 Å². The van der Waals surface area contributed by atoms with Gasteiger partial charge in [-0.2, -0.15) is 0 Å². The molecule has 0 radical (unpaired) electrons. The number of fused-ring (bicyclic) bond motifs is 1. The number of hydrogen-bond donors (Lipinski definition) is 1. The molecule has 0 bridgehead atoms. The van der Waals surface area contributed by atoms with Crippen LogP contribution in [-0.4, -0.2) is 19.6 Å². The third kappa shape index (κ3) is 6.88. The summed E-state index contributed by atoms with van der Waals surface area (Å²) >= 11 is 0. The predicted octanol–water partition coefficient (Wildman–Crippen LogP) is 14.0. The van der Waals surface area contributed by atoms with E-state index in [0.717, 1.165) is 72.5 Å². The van der Waals surface area contributed by atoms with E-state index < -0.39 is 0 Å². The first-order chi connectivity index (χ1) is 28.1. The SMILES string of the molecule is Cc1cc(C)c(O)c(-c2nc3c(-c4cc(-c5ccccc5)cc(-c5cc(-c6ccccc6)ccn5)c4)cccc3n2-c2ccc(-c3ccccc3)c(C(C)(C)C)c2)c1. The molecule has 0 aliphatic carbocycles. The summed E-state index contributed by atoms with van der Waals surface area (Å²) in [6, 6.07) is 59.7. The molecule has 0 spiro atoms. The lowest BCUT2D eigenvalue weighted by atomic mass is 9.81. The van der Waals surface area contributed by atoms with Crippen LogP contribution in [0.25, 0.3) is 83.9 Å². The number of imidazole rings is 1. The molecule has 0 saturated carbocycles. The fraction of sp³-hybridized carbons (Fsp3) is 0.111. The van der Waals surface area contributed by atoms with Crippen LogP contribution in [0.2, 0.25) is 0 Å². The quantitative estimate of drug-likeness (QED) is 0.176. The summed E-state index contributed by atoms with van der Waals surface area (Å²) in [5, 5.41) is 11.7. The Hall–Kier alpha value is -7.04. The Balaban J connectivity index is 1.30. The Bertz CT molecular complexity index is 2940. The third-order valence-electron chi connectivity index (χ3n) is 11.0. The highest BCUT2D eigenvalue weighted by Gasteiger charge is 2.25. The van der Waals surface area contributed by atoms with E-state index in [1.54, 1.807) is 0 Å². The van der Waals surface area contributed by atoms with E-state index in [1.165, 1.54) is 16.7 Å². The second kappa shape index (κ2) is 14.8. The normalized spacial score (nSPS) is 11.6. The van der Waals surface area contributed by atoms with Gasteiger partial charge in [-0.1, -0.05) is 136 Å². The van der Waals surface area contributed by atoms with Gasteiger partial charge >= 0.3 is 0 Å². The number of phenols is 1. The average molecular weight is 752 g/mol. The Morgan fingerprint density at radius 2 is 1.14 bits per heavy atom. The maximum atomic E-state index is 11.7. The first kappa shape index (κ1) is 36.6. The number of phenolic OH excluding ortho intramolecular Hbond substituents is 1. The lowest BCUT2D eigenvalue weighted by molar-refractivity contribution is 0.472. The fourth-order valence-electron chi connectivity index (χ4n) is 8.19. The zero-order valence-electron chi connectivity index (χ0n) is 33.5. The Morgan fingerprint density at radius 3 is 1.83 bits per heavy atom. The molecule has 7 aromatic carbocycles. The van der Waals surface area contributed by atoms with Crippen molar-refractivity contribution >= 4 is 11.0 Å². The zero-order valence-corrected chi connectivity index (χ0v) is 33.5. The summed E-state index contributed by atoms with van der Waals surface area (Å²) in [7, 11) is 0. The van der Waals surface area contributed by atoms with E-state index >= 15 is 0 Å². The number of nitrogens with zero attached hydrogens (tertiary/aromatic N) is 3. The van der Waals surface area contributed by atoms with Crippen LogP contribution >= 0.6 is 0 Å². The van der Waals surface area contributed by atoms with E-state index in [4.69, 9.17) is 9.97 Å². The lowest BCUT2D eigenvalue weighted by Gasteiger charge is -2.25. The van der Waals surface area contributed by atoms with Gasteiger partial charge in [0.05, 0.1) is 22.3 Å². The van der Waals surface area contributed by atoms with Gasteiger partial charge in [-0.25, -0.2) is 4.98 Å². The molecule has 4 nitrogen and oxygen atoms in total. The van der Waals surface area contributed by atoms with Gasteiger partial charge in [-0.05, 0) is 129 Å². The van der Waals surface area contributed by atoms with Crippen molar-refractivity contribution in [2.75, 3.05) is 0 Å². The second-order valence-corrected chi connectivity index (χ2v) is 16.2. The molecule has 9 aromatic rings. The van der Waals surface area contributed by atoms with Crippen LogP contribution in [0.4, 0.5) is 0 Å². The van der Waals surface area contributed by atoms with Gasteiger partial charge in [0, 0.05) is 23.0 Å². The number of aromatic hydroxyl groups is 1. The number of para-hydroxylation sites is 1. The zero-order chi connectivity index (χ0) is 40.0. The molecule has 0 amide bonds. The maximum absolute atomic E-state index is 11.7. The number of pyridine rings is 1. The highest BCUT2D eigenvalue weighted by molar-refractivity contribution is 5.98. The van der Waals surface area contributed by atoms with Gasteiger partial charge in [0.15, 0.2) is 0 Å². The molecule has 4 heteroatoms. The molecule has 0 atom stereocenters. The molecule has 0 saturated heterocycles.